The molecule has 0 fully saturated rings. The number of benzene rings is 2. The third-order valence-corrected chi connectivity index (χ3v) is 3.29. The zero-order valence-corrected chi connectivity index (χ0v) is 11.5. The maximum Gasteiger partial charge on any atom is 0.275 e. The second-order valence-electron chi connectivity index (χ2n) is 4.77. The number of aromatic nitrogens is 2. The molecule has 0 aliphatic carbocycles. The fraction of sp³-hybridized carbons (Fsp3) is 0.125. The van der Waals surface area contributed by atoms with E-state index in [1.165, 1.54) is 0 Å². The predicted molar refractivity (Wildman–Crippen MR) is 83.2 cm³/mol. The molecule has 0 atom stereocenters. The van der Waals surface area contributed by atoms with Crippen molar-refractivity contribution in [3.05, 3.63) is 60.7 Å². The fourth-order valence-electron chi connectivity index (χ4n) is 2.27. The van der Waals surface area contributed by atoms with Crippen LogP contribution in [0.25, 0.3) is 10.8 Å². The van der Waals surface area contributed by atoms with E-state index in [0.717, 1.165) is 16.5 Å². The Bertz CT molecular complexity index is 773. The van der Waals surface area contributed by atoms with Gasteiger partial charge in [0.05, 0.1) is 6.33 Å². The van der Waals surface area contributed by atoms with Crippen LogP contribution in [0.3, 0.4) is 0 Å². The Labute approximate surface area is 122 Å². The van der Waals surface area contributed by atoms with Crippen molar-refractivity contribution in [1.82, 2.24) is 9.55 Å². The van der Waals surface area contributed by atoms with Gasteiger partial charge in [-0.15, -0.1) is 0 Å². The standard InChI is InChI=1S/C16H16N4O/c17-8-9-20-10-15(18-11-20)16(21)19-14-7-3-5-12-4-1-2-6-13(12)14/h1-7,10-11H,8-9,17H2,(H,19,21). The van der Waals surface area contributed by atoms with Crippen molar-refractivity contribution in [2.45, 2.75) is 6.54 Å². The number of fused-ring (bicyclic) bond motifs is 1. The van der Waals surface area contributed by atoms with E-state index in [1.54, 1.807) is 17.1 Å². The Balaban J connectivity index is 1.85. The topological polar surface area (TPSA) is 72.9 Å². The first kappa shape index (κ1) is 13.3. The smallest absolute Gasteiger partial charge is 0.275 e. The number of imidazole rings is 1. The lowest BCUT2D eigenvalue weighted by Gasteiger charge is -2.07. The lowest BCUT2D eigenvalue weighted by molar-refractivity contribution is 0.102. The van der Waals surface area contributed by atoms with Crippen molar-refractivity contribution >= 4 is 22.4 Å². The zero-order chi connectivity index (χ0) is 14.7. The molecular weight excluding hydrogens is 264 g/mol. The second-order valence-corrected chi connectivity index (χ2v) is 4.77. The molecule has 0 aliphatic rings. The van der Waals surface area contributed by atoms with Gasteiger partial charge >= 0.3 is 0 Å². The van der Waals surface area contributed by atoms with E-state index in [4.69, 9.17) is 5.73 Å². The summed E-state index contributed by atoms with van der Waals surface area (Å²) in [7, 11) is 0. The van der Waals surface area contributed by atoms with Gasteiger partial charge in [-0.2, -0.15) is 0 Å². The molecule has 0 aliphatic heterocycles. The van der Waals surface area contributed by atoms with Crippen molar-refractivity contribution in [3.8, 4) is 0 Å². The van der Waals surface area contributed by atoms with E-state index >= 15 is 0 Å². The summed E-state index contributed by atoms with van der Waals surface area (Å²) in [4.78, 5) is 16.4. The van der Waals surface area contributed by atoms with Gasteiger partial charge in [-0.1, -0.05) is 36.4 Å². The molecular formula is C16H16N4O. The van der Waals surface area contributed by atoms with Crippen LogP contribution in [-0.4, -0.2) is 22.0 Å². The van der Waals surface area contributed by atoms with Crippen LogP contribution in [0, 0.1) is 0 Å². The third kappa shape index (κ3) is 2.78. The van der Waals surface area contributed by atoms with Crippen LogP contribution in [0.2, 0.25) is 0 Å². The molecule has 3 N–H and O–H groups in total. The first-order valence-corrected chi connectivity index (χ1v) is 6.79. The van der Waals surface area contributed by atoms with Gasteiger partial charge in [-0.3, -0.25) is 4.79 Å². The molecule has 5 heteroatoms. The van der Waals surface area contributed by atoms with Crippen molar-refractivity contribution in [2.24, 2.45) is 5.73 Å². The number of anilines is 1. The van der Waals surface area contributed by atoms with Crippen LogP contribution in [-0.2, 0) is 6.54 Å². The minimum atomic E-state index is -0.220. The van der Waals surface area contributed by atoms with E-state index in [2.05, 4.69) is 10.3 Å². The summed E-state index contributed by atoms with van der Waals surface area (Å²) in [5.74, 6) is -0.220. The van der Waals surface area contributed by atoms with Gasteiger partial charge in [-0.05, 0) is 11.5 Å². The molecule has 0 unspecified atom stereocenters. The Morgan fingerprint density at radius 2 is 2.00 bits per heavy atom. The van der Waals surface area contributed by atoms with Crippen LogP contribution >= 0.6 is 0 Å². The number of carbonyl (C=O) groups excluding carboxylic acids is 1. The second kappa shape index (κ2) is 5.76. The van der Waals surface area contributed by atoms with Crippen LogP contribution in [0.1, 0.15) is 10.5 Å². The molecule has 0 saturated heterocycles. The molecule has 3 rings (SSSR count). The van der Waals surface area contributed by atoms with Crippen molar-refractivity contribution in [3.63, 3.8) is 0 Å². The molecule has 2 aromatic carbocycles. The largest absolute Gasteiger partial charge is 0.335 e. The molecule has 0 spiro atoms. The summed E-state index contributed by atoms with van der Waals surface area (Å²) in [6, 6.07) is 13.7. The fourth-order valence-corrected chi connectivity index (χ4v) is 2.27. The van der Waals surface area contributed by atoms with Gasteiger partial charge in [0, 0.05) is 30.4 Å². The third-order valence-electron chi connectivity index (χ3n) is 3.29. The van der Waals surface area contributed by atoms with E-state index in [1.807, 2.05) is 42.5 Å². The summed E-state index contributed by atoms with van der Waals surface area (Å²) in [5, 5.41) is 5.01. The Morgan fingerprint density at radius 1 is 1.19 bits per heavy atom. The number of amides is 1. The van der Waals surface area contributed by atoms with E-state index in [0.29, 0.717) is 18.8 Å². The van der Waals surface area contributed by atoms with Gasteiger partial charge in [0.25, 0.3) is 5.91 Å². The molecule has 0 saturated carbocycles. The predicted octanol–water partition coefficient (Wildman–Crippen LogP) is 2.25. The molecule has 106 valence electrons. The molecule has 5 nitrogen and oxygen atoms in total. The van der Waals surface area contributed by atoms with Gasteiger partial charge < -0.3 is 15.6 Å². The highest BCUT2D eigenvalue weighted by molar-refractivity contribution is 6.08. The van der Waals surface area contributed by atoms with Gasteiger partial charge in [0.15, 0.2) is 0 Å². The van der Waals surface area contributed by atoms with E-state index in [9.17, 15) is 4.79 Å². The Kier molecular flexibility index (Phi) is 3.66. The summed E-state index contributed by atoms with van der Waals surface area (Å²) >= 11 is 0. The van der Waals surface area contributed by atoms with Crippen LogP contribution in [0.15, 0.2) is 55.0 Å². The number of carbonyl (C=O) groups is 1. The highest BCUT2D eigenvalue weighted by Gasteiger charge is 2.11. The average molecular weight is 280 g/mol. The summed E-state index contributed by atoms with van der Waals surface area (Å²) in [5.41, 5.74) is 6.65. The van der Waals surface area contributed by atoms with Crippen molar-refractivity contribution in [1.29, 1.82) is 0 Å². The summed E-state index contributed by atoms with van der Waals surface area (Å²) < 4.78 is 1.80. The molecule has 1 amide bonds. The van der Waals surface area contributed by atoms with Gasteiger partial charge in [-0.25, -0.2) is 4.98 Å². The SMILES string of the molecule is NCCn1cnc(C(=O)Nc2cccc3ccccc23)c1. The minimum absolute atomic E-state index is 0.220. The van der Waals surface area contributed by atoms with Crippen LogP contribution in [0.4, 0.5) is 5.69 Å². The number of hydrogen-bond donors (Lipinski definition) is 2. The summed E-state index contributed by atoms with van der Waals surface area (Å²) in [6.07, 6.45) is 3.32. The number of nitrogens with two attached hydrogens (primary N) is 1. The molecule has 21 heavy (non-hydrogen) atoms. The highest BCUT2D eigenvalue weighted by Crippen LogP contribution is 2.23. The van der Waals surface area contributed by atoms with Crippen LogP contribution < -0.4 is 11.1 Å². The van der Waals surface area contributed by atoms with Gasteiger partial charge in [0.2, 0.25) is 0 Å². The normalized spacial score (nSPS) is 10.7. The molecule has 0 bridgehead atoms. The van der Waals surface area contributed by atoms with Crippen molar-refractivity contribution in [2.75, 3.05) is 11.9 Å². The first-order valence-electron chi connectivity index (χ1n) is 6.79. The molecule has 1 aromatic heterocycles. The lowest BCUT2D eigenvalue weighted by atomic mass is 10.1. The van der Waals surface area contributed by atoms with Gasteiger partial charge in [0.1, 0.15) is 5.69 Å². The maximum atomic E-state index is 12.3. The lowest BCUT2D eigenvalue weighted by Crippen LogP contribution is -2.13. The number of hydrogen-bond acceptors (Lipinski definition) is 3. The zero-order valence-electron chi connectivity index (χ0n) is 11.5. The van der Waals surface area contributed by atoms with Crippen LogP contribution in [0.5, 0.6) is 0 Å². The van der Waals surface area contributed by atoms with E-state index in [-0.39, 0.29) is 5.91 Å². The molecule has 0 radical (unpaired) electrons. The number of nitrogens with zero attached hydrogens (tertiary/aromatic N) is 2. The monoisotopic (exact) mass is 280 g/mol. The number of nitrogens with one attached hydrogen (secondary N) is 1. The maximum absolute atomic E-state index is 12.3. The highest BCUT2D eigenvalue weighted by atomic mass is 16.1. The Hall–Kier alpha value is -2.66. The van der Waals surface area contributed by atoms with Crippen molar-refractivity contribution < 1.29 is 4.79 Å². The Morgan fingerprint density at radius 3 is 2.86 bits per heavy atom. The average Bonchev–Trinajstić information content (AvgIpc) is 2.97. The molecule has 3 aromatic rings. The summed E-state index contributed by atoms with van der Waals surface area (Å²) in [6.45, 7) is 1.16. The molecule has 1 heterocycles. The minimum Gasteiger partial charge on any atom is -0.335 e. The quantitative estimate of drug-likeness (QED) is 0.770. The van der Waals surface area contributed by atoms with E-state index < -0.39 is 0 Å². The first-order chi connectivity index (χ1) is 10.3. The number of rotatable bonds is 4.